The van der Waals surface area contributed by atoms with E-state index in [1.54, 1.807) is 43.5 Å². The highest BCUT2D eigenvalue weighted by molar-refractivity contribution is 6.05. The Morgan fingerprint density at radius 3 is 2.41 bits per heavy atom. The molecule has 0 spiro atoms. The fraction of sp³-hybridized carbons (Fsp3) is 0.304. The Balaban J connectivity index is 2.18. The maximum absolute atomic E-state index is 12.8. The summed E-state index contributed by atoms with van der Waals surface area (Å²) in [5, 5.41) is 5.63. The Kier molecular flexibility index (Phi) is 8.92. The van der Waals surface area contributed by atoms with Gasteiger partial charge in [-0.2, -0.15) is 0 Å². The minimum absolute atomic E-state index is 0.187. The number of hydrogen-bond donors (Lipinski definition) is 2. The molecule has 0 aromatic heterocycles. The number of carbonyl (C=O) groups excluding carboxylic acids is 2. The van der Waals surface area contributed by atoms with Gasteiger partial charge >= 0.3 is 0 Å². The van der Waals surface area contributed by atoms with Crippen LogP contribution in [0.25, 0.3) is 6.08 Å². The molecule has 2 amide bonds. The number of amides is 2. The fourth-order valence-corrected chi connectivity index (χ4v) is 2.80. The van der Waals surface area contributed by atoms with E-state index in [1.165, 1.54) is 0 Å². The molecule has 2 aromatic carbocycles. The number of carbonyl (C=O) groups is 2. The molecule has 0 bridgehead atoms. The van der Waals surface area contributed by atoms with Gasteiger partial charge in [0, 0.05) is 18.7 Å². The normalized spacial score (nSPS) is 11.2. The SMILES string of the molecule is CCN(CC)CCNC(=O)C(=Cc1cccc(OC)c1)NC(=O)c1ccccc1. The molecule has 0 heterocycles. The Labute approximate surface area is 172 Å². The first kappa shape index (κ1) is 22.2. The Morgan fingerprint density at radius 2 is 1.76 bits per heavy atom. The molecule has 154 valence electrons. The molecule has 0 saturated carbocycles. The second-order valence-electron chi connectivity index (χ2n) is 6.44. The summed E-state index contributed by atoms with van der Waals surface area (Å²) in [4.78, 5) is 27.6. The second-order valence-corrected chi connectivity index (χ2v) is 6.44. The summed E-state index contributed by atoms with van der Waals surface area (Å²) in [5.41, 5.74) is 1.43. The lowest BCUT2D eigenvalue weighted by atomic mass is 10.1. The van der Waals surface area contributed by atoms with E-state index in [0.29, 0.717) is 17.9 Å². The van der Waals surface area contributed by atoms with Gasteiger partial charge < -0.3 is 20.3 Å². The van der Waals surface area contributed by atoms with Crippen LogP contribution in [0.15, 0.2) is 60.3 Å². The molecule has 0 aliphatic rings. The number of likely N-dealkylation sites (N-methyl/N-ethyl adjacent to an activating group) is 1. The summed E-state index contributed by atoms with van der Waals surface area (Å²) in [6, 6.07) is 16.1. The highest BCUT2D eigenvalue weighted by Gasteiger charge is 2.15. The summed E-state index contributed by atoms with van der Waals surface area (Å²) in [5.74, 6) is 0.0114. The second kappa shape index (κ2) is 11.7. The fourth-order valence-electron chi connectivity index (χ4n) is 2.80. The van der Waals surface area contributed by atoms with Gasteiger partial charge in [0.15, 0.2) is 0 Å². The molecular weight excluding hydrogens is 366 g/mol. The van der Waals surface area contributed by atoms with Crippen molar-refractivity contribution in [3.05, 3.63) is 71.4 Å². The van der Waals surface area contributed by atoms with E-state index in [-0.39, 0.29) is 17.5 Å². The average Bonchev–Trinajstić information content (AvgIpc) is 2.76. The quantitative estimate of drug-likeness (QED) is 0.607. The van der Waals surface area contributed by atoms with Gasteiger partial charge in [0.2, 0.25) is 0 Å². The van der Waals surface area contributed by atoms with Gasteiger partial charge in [-0.05, 0) is 49.0 Å². The van der Waals surface area contributed by atoms with Crippen molar-refractivity contribution in [1.82, 2.24) is 15.5 Å². The van der Waals surface area contributed by atoms with Gasteiger partial charge in [0.25, 0.3) is 11.8 Å². The van der Waals surface area contributed by atoms with E-state index >= 15 is 0 Å². The predicted octanol–water partition coefficient (Wildman–Crippen LogP) is 2.92. The van der Waals surface area contributed by atoms with Gasteiger partial charge in [-0.1, -0.05) is 44.2 Å². The summed E-state index contributed by atoms with van der Waals surface area (Å²) in [6.07, 6.45) is 1.65. The van der Waals surface area contributed by atoms with E-state index < -0.39 is 0 Å². The van der Waals surface area contributed by atoms with E-state index in [0.717, 1.165) is 25.2 Å². The highest BCUT2D eigenvalue weighted by Crippen LogP contribution is 2.15. The maximum Gasteiger partial charge on any atom is 0.267 e. The lowest BCUT2D eigenvalue weighted by Gasteiger charge is -2.18. The molecule has 0 aliphatic carbocycles. The first-order valence-electron chi connectivity index (χ1n) is 9.80. The Morgan fingerprint density at radius 1 is 1.03 bits per heavy atom. The van der Waals surface area contributed by atoms with Crippen LogP contribution in [-0.2, 0) is 4.79 Å². The zero-order chi connectivity index (χ0) is 21.1. The number of ether oxygens (including phenoxy) is 1. The molecular formula is C23H29N3O3. The lowest BCUT2D eigenvalue weighted by Crippen LogP contribution is -2.39. The van der Waals surface area contributed by atoms with Crippen molar-refractivity contribution in [1.29, 1.82) is 0 Å². The van der Waals surface area contributed by atoms with Crippen LogP contribution >= 0.6 is 0 Å². The van der Waals surface area contributed by atoms with Crippen LogP contribution in [0.2, 0.25) is 0 Å². The van der Waals surface area contributed by atoms with Crippen molar-refractivity contribution in [2.24, 2.45) is 0 Å². The largest absolute Gasteiger partial charge is 0.497 e. The predicted molar refractivity (Wildman–Crippen MR) is 116 cm³/mol. The first-order valence-corrected chi connectivity index (χ1v) is 9.80. The lowest BCUT2D eigenvalue weighted by molar-refractivity contribution is -0.117. The first-order chi connectivity index (χ1) is 14.1. The van der Waals surface area contributed by atoms with Crippen LogP contribution in [0.4, 0.5) is 0 Å². The minimum atomic E-state index is -0.335. The molecule has 0 radical (unpaired) electrons. The number of methoxy groups -OCH3 is 1. The third-order valence-corrected chi connectivity index (χ3v) is 4.54. The number of nitrogens with one attached hydrogen (secondary N) is 2. The average molecular weight is 396 g/mol. The zero-order valence-electron chi connectivity index (χ0n) is 17.3. The molecule has 2 N–H and O–H groups in total. The van der Waals surface area contributed by atoms with Crippen molar-refractivity contribution in [2.75, 3.05) is 33.3 Å². The van der Waals surface area contributed by atoms with E-state index in [9.17, 15) is 9.59 Å². The molecule has 6 nitrogen and oxygen atoms in total. The van der Waals surface area contributed by atoms with Gasteiger partial charge in [-0.3, -0.25) is 9.59 Å². The van der Waals surface area contributed by atoms with Crippen molar-refractivity contribution in [3.8, 4) is 5.75 Å². The van der Waals surface area contributed by atoms with Crippen LogP contribution < -0.4 is 15.4 Å². The monoisotopic (exact) mass is 395 g/mol. The van der Waals surface area contributed by atoms with E-state index in [4.69, 9.17) is 4.74 Å². The summed E-state index contributed by atoms with van der Waals surface area (Å²) < 4.78 is 5.24. The van der Waals surface area contributed by atoms with Crippen LogP contribution in [0.5, 0.6) is 5.75 Å². The van der Waals surface area contributed by atoms with Crippen molar-refractivity contribution >= 4 is 17.9 Å². The van der Waals surface area contributed by atoms with E-state index in [1.807, 2.05) is 24.3 Å². The van der Waals surface area contributed by atoms with Crippen molar-refractivity contribution in [3.63, 3.8) is 0 Å². The minimum Gasteiger partial charge on any atom is -0.497 e. The third-order valence-electron chi connectivity index (χ3n) is 4.54. The maximum atomic E-state index is 12.8. The van der Waals surface area contributed by atoms with Crippen LogP contribution in [-0.4, -0.2) is 50.0 Å². The number of rotatable bonds is 10. The molecule has 0 aliphatic heterocycles. The molecule has 0 unspecified atom stereocenters. The highest BCUT2D eigenvalue weighted by atomic mass is 16.5. The Hall–Kier alpha value is -3.12. The smallest absolute Gasteiger partial charge is 0.267 e. The topological polar surface area (TPSA) is 70.7 Å². The van der Waals surface area contributed by atoms with Gasteiger partial charge in [-0.25, -0.2) is 0 Å². The third kappa shape index (κ3) is 7.08. The van der Waals surface area contributed by atoms with Crippen molar-refractivity contribution < 1.29 is 14.3 Å². The van der Waals surface area contributed by atoms with Crippen LogP contribution in [0, 0.1) is 0 Å². The van der Waals surface area contributed by atoms with Gasteiger partial charge in [-0.15, -0.1) is 0 Å². The molecule has 6 heteroatoms. The van der Waals surface area contributed by atoms with Crippen molar-refractivity contribution in [2.45, 2.75) is 13.8 Å². The number of benzene rings is 2. The van der Waals surface area contributed by atoms with E-state index in [2.05, 4.69) is 29.4 Å². The van der Waals surface area contributed by atoms with Gasteiger partial charge in [0.1, 0.15) is 11.4 Å². The van der Waals surface area contributed by atoms with Gasteiger partial charge in [0.05, 0.1) is 7.11 Å². The van der Waals surface area contributed by atoms with Crippen LogP contribution in [0.3, 0.4) is 0 Å². The number of nitrogens with zero attached hydrogens (tertiary/aromatic N) is 1. The molecule has 0 saturated heterocycles. The summed E-state index contributed by atoms with van der Waals surface area (Å²) in [7, 11) is 1.58. The summed E-state index contributed by atoms with van der Waals surface area (Å²) in [6.45, 7) is 7.25. The molecule has 2 aromatic rings. The molecule has 0 fully saturated rings. The number of hydrogen-bond acceptors (Lipinski definition) is 4. The van der Waals surface area contributed by atoms with Crippen LogP contribution in [0.1, 0.15) is 29.8 Å². The standard InChI is InChI=1S/C23H29N3O3/c1-4-26(5-2)15-14-24-23(28)21(17-18-10-9-13-20(16-18)29-3)25-22(27)19-11-7-6-8-12-19/h6-13,16-17H,4-5,14-15H2,1-3H3,(H,24,28)(H,25,27). The molecule has 0 atom stereocenters. The molecule has 29 heavy (non-hydrogen) atoms. The summed E-state index contributed by atoms with van der Waals surface area (Å²) >= 11 is 0. The zero-order valence-corrected chi connectivity index (χ0v) is 17.3. The Bertz CT molecular complexity index is 830. The molecule has 2 rings (SSSR count).